The van der Waals surface area contributed by atoms with Crippen LogP contribution in [0.15, 0.2) is 73.1 Å². The minimum absolute atomic E-state index is 0.654. The van der Waals surface area contributed by atoms with Gasteiger partial charge in [-0.25, -0.2) is 9.97 Å². The molecule has 130 valence electrons. The van der Waals surface area contributed by atoms with Gasteiger partial charge in [-0.05, 0) is 42.8 Å². The van der Waals surface area contributed by atoms with E-state index in [0.29, 0.717) is 18.9 Å². The van der Waals surface area contributed by atoms with Gasteiger partial charge in [0.25, 0.3) is 0 Å². The molecule has 0 aliphatic heterocycles. The molecule has 0 atom stereocenters. The maximum Gasteiger partial charge on any atom is 0.235 e. The van der Waals surface area contributed by atoms with Gasteiger partial charge < -0.3 is 10.1 Å². The number of nitrogens with one attached hydrogen (secondary N) is 1. The molecule has 2 heterocycles. The van der Waals surface area contributed by atoms with Gasteiger partial charge in [-0.3, -0.25) is 4.40 Å². The molecule has 5 heteroatoms. The summed E-state index contributed by atoms with van der Waals surface area (Å²) in [7, 11) is 0. The molecule has 0 bridgehead atoms. The third-order valence-corrected chi connectivity index (χ3v) is 4.15. The van der Waals surface area contributed by atoms with E-state index < -0.39 is 0 Å². The Morgan fingerprint density at radius 2 is 1.81 bits per heavy atom. The lowest BCUT2D eigenvalue weighted by molar-refractivity contribution is 0.340. The molecule has 0 amide bonds. The molecule has 0 aliphatic carbocycles. The summed E-state index contributed by atoms with van der Waals surface area (Å²) in [5.41, 5.74) is 3.11. The Labute approximate surface area is 152 Å². The predicted octanol–water partition coefficient (Wildman–Crippen LogP) is 4.41. The Kier molecular flexibility index (Phi) is 4.51. The molecule has 0 spiro atoms. The van der Waals surface area contributed by atoms with Gasteiger partial charge in [-0.2, -0.15) is 0 Å². The SMILES string of the molecule is CCOc1ccc(-c2nc3ncccn3c2NCc2ccccc2)cc1. The number of imidazole rings is 1. The van der Waals surface area contributed by atoms with Gasteiger partial charge in [0.15, 0.2) is 0 Å². The molecule has 4 aromatic rings. The number of nitrogens with zero attached hydrogens (tertiary/aromatic N) is 3. The lowest BCUT2D eigenvalue weighted by atomic mass is 10.1. The smallest absolute Gasteiger partial charge is 0.235 e. The van der Waals surface area contributed by atoms with Crippen LogP contribution in [0.1, 0.15) is 12.5 Å². The molecular weight excluding hydrogens is 324 g/mol. The highest BCUT2D eigenvalue weighted by Gasteiger charge is 2.14. The Bertz CT molecular complexity index is 994. The maximum absolute atomic E-state index is 5.54. The van der Waals surface area contributed by atoms with Crippen molar-refractivity contribution in [1.29, 1.82) is 0 Å². The third kappa shape index (κ3) is 3.24. The molecular formula is C21H20N4O. The van der Waals surface area contributed by atoms with Crippen molar-refractivity contribution in [3.63, 3.8) is 0 Å². The summed E-state index contributed by atoms with van der Waals surface area (Å²) in [5.74, 6) is 2.46. The largest absolute Gasteiger partial charge is 0.494 e. The van der Waals surface area contributed by atoms with Crippen molar-refractivity contribution in [2.75, 3.05) is 11.9 Å². The van der Waals surface area contributed by atoms with Crippen LogP contribution in [0.2, 0.25) is 0 Å². The first-order valence-corrected chi connectivity index (χ1v) is 8.69. The van der Waals surface area contributed by atoms with E-state index in [-0.39, 0.29) is 0 Å². The molecule has 0 aliphatic rings. The highest BCUT2D eigenvalue weighted by atomic mass is 16.5. The second kappa shape index (κ2) is 7.27. The summed E-state index contributed by atoms with van der Waals surface area (Å²) in [6.45, 7) is 3.35. The van der Waals surface area contributed by atoms with Crippen LogP contribution in [-0.2, 0) is 6.54 Å². The van der Waals surface area contributed by atoms with Crippen LogP contribution in [0.3, 0.4) is 0 Å². The third-order valence-electron chi connectivity index (χ3n) is 4.15. The molecule has 2 aromatic heterocycles. The number of benzene rings is 2. The number of hydrogen-bond acceptors (Lipinski definition) is 4. The van der Waals surface area contributed by atoms with Crippen molar-refractivity contribution < 1.29 is 4.74 Å². The van der Waals surface area contributed by atoms with E-state index in [2.05, 4.69) is 22.4 Å². The van der Waals surface area contributed by atoms with Crippen molar-refractivity contribution in [2.45, 2.75) is 13.5 Å². The summed E-state index contributed by atoms with van der Waals surface area (Å²) in [5, 5.41) is 3.52. The summed E-state index contributed by atoms with van der Waals surface area (Å²) in [6.07, 6.45) is 3.73. The minimum atomic E-state index is 0.654. The van der Waals surface area contributed by atoms with Crippen molar-refractivity contribution >= 4 is 11.6 Å². The Morgan fingerprint density at radius 1 is 1.00 bits per heavy atom. The number of hydrogen-bond donors (Lipinski definition) is 1. The summed E-state index contributed by atoms with van der Waals surface area (Å²) < 4.78 is 7.52. The summed E-state index contributed by atoms with van der Waals surface area (Å²) in [4.78, 5) is 9.10. The number of aromatic nitrogens is 3. The van der Waals surface area contributed by atoms with Crippen molar-refractivity contribution in [3.05, 3.63) is 78.6 Å². The first-order valence-electron chi connectivity index (χ1n) is 8.69. The normalized spacial score (nSPS) is 10.8. The second-order valence-electron chi connectivity index (χ2n) is 5.90. The molecule has 5 nitrogen and oxygen atoms in total. The highest BCUT2D eigenvalue weighted by molar-refractivity contribution is 5.75. The van der Waals surface area contributed by atoms with E-state index in [4.69, 9.17) is 9.72 Å². The van der Waals surface area contributed by atoms with Crippen LogP contribution in [0.5, 0.6) is 5.75 Å². The van der Waals surface area contributed by atoms with Crippen LogP contribution in [0, 0.1) is 0 Å². The minimum Gasteiger partial charge on any atom is -0.494 e. The lowest BCUT2D eigenvalue weighted by Crippen LogP contribution is -2.03. The van der Waals surface area contributed by atoms with Crippen molar-refractivity contribution in [1.82, 2.24) is 14.4 Å². The zero-order valence-electron chi connectivity index (χ0n) is 14.6. The molecule has 2 aromatic carbocycles. The van der Waals surface area contributed by atoms with Crippen LogP contribution in [0.4, 0.5) is 5.82 Å². The molecule has 0 saturated carbocycles. The highest BCUT2D eigenvalue weighted by Crippen LogP contribution is 2.29. The molecule has 0 saturated heterocycles. The van der Waals surface area contributed by atoms with E-state index in [9.17, 15) is 0 Å². The molecule has 0 radical (unpaired) electrons. The zero-order chi connectivity index (χ0) is 17.8. The fourth-order valence-corrected chi connectivity index (χ4v) is 2.91. The second-order valence-corrected chi connectivity index (χ2v) is 5.90. The first-order chi connectivity index (χ1) is 12.8. The van der Waals surface area contributed by atoms with Crippen LogP contribution < -0.4 is 10.1 Å². The van der Waals surface area contributed by atoms with Crippen LogP contribution in [-0.4, -0.2) is 21.0 Å². The van der Waals surface area contributed by atoms with E-state index in [1.807, 2.05) is 66.1 Å². The van der Waals surface area contributed by atoms with Crippen LogP contribution >= 0.6 is 0 Å². The number of anilines is 1. The predicted molar refractivity (Wildman–Crippen MR) is 103 cm³/mol. The van der Waals surface area contributed by atoms with Gasteiger partial charge in [-0.1, -0.05) is 30.3 Å². The topological polar surface area (TPSA) is 51.5 Å². The van der Waals surface area contributed by atoms with Gasteiger partial charge in [-0.15, -0.1) is 0 Å². The Morgan fingerprint density at radius 3 is 2.58 bits per heavy atom. The monoisotopic (exact) mass is 344 g/mol. The summed E-state index contributed by atoms with van der Waals surface area (Å²) in [6, 6.07) is 20.2. The lowest BCUT2D eigenvalue weighted by Gasteiger charge is -2.09. The molecule has 26 heavy (non-hydrogen) atoms. The fraction of sp³-hybridized carbons (Fsp3) is 0.143. The summed E-state index contributed by atoms with van der Waals surface area (Å²) >= 11 is 0. The van der Waals surface area contributed by atoms with E-state index >= 15 is 0 Å². The molecule has 0 fully saturated rings. The van der Waals surface area contributed by atoms with Crippen LogP contribution in [0.25, 0.3) is 17.0 Å². The first kappa shape index (κ1) is 16.1. The quantitative estimate of drug-likeness (QED) is 0.563. The van der Waals surface area contributed by atoms with Gasteiger partial charge in [0.05, 0.1) is 6.61 Å². The average Bonchev–Trinajstić information content (AvgIpc) is 3.07. The Balaban J connectivity index is 1.71. The average molecular weight is 344 g/mol. The van der Waals surface area contributed by atoms with Crippen molar-refractivity contribution in [3.8, 4) is 17.0 Å². The van der Waals surface area contributed by atoms with Gasteiger partial charge in [0.2, 0.25) is 5.78 Å². The molecule has 1 N–H and O–H groups in total. The standard InChI is InChI=1S/C21H20N4O/c1-2-26-18-11-9-17(10-12-18)19-20(23-15-16-7-4-3-5-8-16)25-14-6-13-22-21(25)24-19/h3-14,23H,2,15H2,1H3. The van der Waals surface area contributed by atoms with E-state index in [1.165, 1.54) is 5.56 Å². The van der Waals surface area contributed by atoms with Crippen molar-refractivity contribution in [2.24, 2.45) is 0 Å². The Hall–Kier alpha value is -3.34. The number of fused-ring (bicyclic) bond motifs is 1. The number of ether oxygens (including phenoxy) is 1. The maximum atomic E-state index is 5.54. The molecule has 4 rings (SSSR count). The fourth-order valence-electron chi connectivity index (χ4n) is 2.91. The van der Waals surface area contributed by atoms with Gasteiger partial charge in [0.1, 0.15) is 17.3 Å². The van der Waals surface area contributed by atoms with Gasteiger partial charge in [0, 0.05) is 24.5 Å². The van der Waals surface area contributed by atoms with E-state index in [0.717, 1.165) is 22.8 Å². The van der Waals surface area contributed by atoms with E-state index in [1.54, 1.807) is 6.20 Å². The molecule has 0 unspecified atom stereocenters. The number of rotatable bonds is 6. The van der Waals surface area contributed by atoms with Gasteiger partial charge >= 0.3 is 0 Å². The zero-order valence-corrected chi connectivity index (χ0v) is 14.6.